The van der Waals surface area contributed by atoms with Crippen LogP contribution in [0.2, 0.25) is 5.15 Å². The molecule has 0 atom stereocenters. The van der Waals surface area contributed by atoms with Gasteiger partial charge in [-0.05, 0) is 31.2 Å². The Morgan fingerprint density at radius 1 is 1.07 bits per heavy atom. The van der Waals surface area contributed by atoms with Crippen molar-refractivity contribution in [2.75, 3.05) is 18.0 Å². The van der Waals surface area contributed by atoms with Gasteiger partial charge >= 0.3 is 0 Å². The molecule has 28 heavy (non-hydrogen) atoms. The minimum atomic E-state index is -0.438. The fourth-order valence-electron chi connectivity index (χ4n) is 4.18. The fourth-order valence-corrected chi connectivity index (χ4v) is 4.44. The Morgan fingerprint density at radius 3 is 2.54 bits per heavy atom. The van der Waals surface area contributed by atoms with Gasteiger partial charge in [0, 0.05) is 25.9 Å². The number of ether oxygens (including phenoxy) is 1. The van der Waals surface area contributed by atoms with Crippen LogP contribution in [0.4, 0.5) is 5.82 Å². The molecule has 5 nitrogen and oxygen atoms in total. The largest absolute Gasteiger partial charge is 0.486 e. The first-order valence-electron chi connectivity index (χ1n) is 9.53. The highest BCUT2D eigenvalue weighted by Gasteiger charge is 2.43. The number of para-hydroxylation sites is 2. The van der Waals surface area contributed by atoms with Crippen LogP contribution >= 0.6 is 11.6 Å². The maximum Gasteiger partial charge on any atom is 0.172 e. The van der Waals surface area contributed by atoms with Crippen molar-refractivity contribution in [3.63, 3.8) is 0 Å². The lowest BCUT2D eigenvalue weighted by atomic mass is 9.82. The van der Waals surface area contributed by atoms with Crippen LogP contribution in [0, 0.1) is 6.92 Å². The molecule has 0 saturated carbocycles. The van der Waals surface area contributed by atoms with Gasteiger partial charge < -0.3 is 9.64 Å². The van der Waals surface area contributed by atoms with E-state index in [0.717, 1.165) is 42.5 Å². The van der Waals surface area contributed by atoms with E-state index in [2.05, 4.69) is 9.88 Å². The molecule has 142 valence electrons. The van der Waals surface area contributed by atoms with E-state index in [0.29, 0.717) is 28.7 Å². The molecule has 2 aliphatic heterocycles. The lowest BCUT2D eigenvalue weighted by Crippen LogP contribution is -2.51. The highest BCUT2D eigenvalue weighted by Crippen LogP contribution is 2.40. The second-order valence-corrected chi connectivity index (χ2v) is 8.06. The van der Waals surface area contributed by atoms with Crippen LogP contribution in [0.3, 0.4) is 0 Å². The smallest absolute Gasteiger partial charge is 0.172 e. The second-order valence-electron chi connectivity index (χ2n) is 7.70. The first kappa shape index (κ1) is 17.4. The Kier molecular flexibility index (Phi) is 4.02. The monoisotopic (exact) mass is 393 g/mol. The topological polar surface area (TPSA) is 55.3 Å². The molecule has 2 aliphatic rings. The summed E-state index contributed by atoms with van der Waals surface area (Å²) in [6.45, 7) is 3.44. The molecule has 1 spiro atoms. The Morgan fingerprint density at radius 2 is 1.79 bits per heavy atom. The molecule has 5 rings (SSSR count). The number of benzene rings is 2. The number of rotatable bonds is 1. The third-order valence-electron chi connectivity index (χ3n) is 5.73. The second kappa shape index (κ2) is 6.45. The lowest BCUT2D eigenvalue weighted by Gasteiger charge is -2.44. The normalized spacial score (nSPS) is 18.2. The molecule has 0 N–H and O–H groups in total. The van der Waals surface area contributed by atoms with E-state index >= 15 is 0 Å². The summed E-state index contributed by atoms with van der Waals surface area (Å²) in [4.78, 5) is 24.1. The number of ketones is 1. The number of carbonyl (C=O) groups excluding carboxylic acids is 1. The predicted molar refractivity (Wildman–Crippen MR) is 109 cm³/mol. The van der Waals surface area contributed by atoms with E-state index < -0.39 is 5.60 Å². The Bertz CT molecular complexity index is 1090. The number of aromatic nitrogens is 2. The predicted octanol–water partition coefficient (Wildman–Crippen LogP) is 4.60. The van der Waals surface area contributed by atoms with Gasteiger partial charge in [-0.2, -0.15) is 0 Å². The number of halogens is 1. The van der Waals surface area contributed by atoms with Gasteiger partial charge in [0.1, 0.15) is 11.4 Å². The molecule has 0 aliphatic carbocycles. The first-order chi connectivity index (χ1) is 13.5. The molecule has 0 radical (unpaired) electrons. The Hall–Kier alpha value is -2.66. The molecule has 0 unspecified atom stereocenters. The standard InChI is InChI=1S/C22H20ClN3O2/c1-14-6-7-19-15(12-14)18(27)13-22(28-19)8-10-26(11-9-22)21-20(23)24-16-4-2-3-5-17(16)25-21/h2-7,12H,8-11,13H2,1H3. The van der Waals surface area contributed by atoms with Crippen LogP contribution in [-0.2, 0) is 0 Å². The van der Waals surface area contributed by atoms with Crippen LogP contribution in [0.25, 0.3) is 11.0 Å². The molecule has 1 saturated heterocycles. The minimum absolute atomic E-state index is 0.168. The summed E-state index contributed by atoms with van der Waals surface area (Å²) in [6.07, 6.45) is 1.92. The van der Waals surface area contributed by atoms with Crippen LogP contribution in [0.5, 0.6) is 5.75 Å². The third-order valence-corrected chi connectivity index (χ3v) is 5.98. The number of nitrogens with zero attached hydrogens (tertiary/aromatic N) is 3. The number of anilines is 1. The van der Waals surface area contributed by atoms with Crippen LogP contribution in [0.1, 0.15) is 35.2 Å². The van der Waals surface area contributed by atoms with Gasteiger partial charge in [-0.1, -0.05) is 35.4 Å². The van der Waals surface area contributed by atoms with Crippen LogP contribution < -0.4 is 9.64 Å². The summed E-state index contributed by atoms with van der Waals surface area (Å²) in [7, 11) is 0. The highest BCUT2D eigenvalue weighted by atomic mass is 35.5. The number of Topliss-reactive ketones (excluding diaryl/α,β-unsaturated/α-hetero) is 1. The average Bonchev–Trinajstić information content (AvgIpc) is 2.69. The molecule has 0 amide bonds. The van der Waals surface area contributed by atoms with E-state index in [4.69, 9.17) is 21.3 Å². The van der Waals surface area contributed by atoms with Crippen molar-refractivity contribution < 1.29 is 9.53 Å². The Balaban J connectivity index is 1.39. The summed E-state index contributed by atoms with van der Waals surface area (Å²) in [6, 6.07) is 13.5. The molecule has 1 fully saturated rings. The number of carbonyl (C=O) groups is 1. The quantitative estimate of drug-likeness (QED) is 0.605. The molecular formula is C22H20ClN3O2. The van der Waals surface area contributed by atoms with Crippen molar-refractivity contribution in [2.45, 2.75) is 31.8 Å². The molecular weight excluding hydrogens is 374 g/mol. The zero-order valence-corrected chi connectivity index (χ0v) is 16.4. The van der Waals surface area contributed by atoms with Crippen molar-refractivity contribution in [3.8, 4) is 5.75 Å². The highest BCUT2D eigenvalue weighted by molar-refractivity contribution is 6.32. The average molecular weight is 394 g/mol. The van der Waals surface area contributed by atoms with E-state index in [1.165, 1.54) is 0 Å². The summed E-state index contributed by atoms with van der Waals surface area (Å²) < 4.78 is 6.35. The maximum atomic E-state index is 12.7. The van der Waals surface area contributed by atoms with Crippen LogP contribution in [-0.4, -0.2) is 34.4 Å². The SMILES string of the molecule is Cc1ccc2c(c1)C(=O)CC1(CCN(c3nc4ccccc4nc3Cl)CC1)O2. The number of fused-ring (bicyclic) bond motifs is 2. The molecule has 2 aromatic carbocycles. The fraction of sp³-hybridized carbons (Fsp3) is 0.318. The lowest BCUT2D eigenvalue weighted by molar-refractivity contribution is 0.0231. The Labute approximate surface area is 168 Å². The van der Waals surface area contributed by atoms with Gasteiger partial charge in [0.05, 0.1) is 23.0 Å². The van der Waals surface area contributed by atoms with E-state index in [1.54, 1.807) is 0 Å². The van der Waals surface area contributed by atoms with Crippen molar-refractivity contribution in [1.29, 1.82) is 0 Å². The summed E-state index contributed by atoms with van der Waals surface area (Å²) in [5.74, 6) is 1.58. The summed E-state index contributed by atoms with van der Waals surface area (Å²) >= 11 is 6.42. The third kappa shape index (κ3) is 2.90. The van der Waals surface area contributed by atoms with E-state index in [9.17, 15) is 4.79 Å². The minimum Gasteiger partial charge on any atom is -0.486 e. The van der Waals surface area contributed by atoms with Crippen molar-refractivity contribution in [3.05, 3.63) is 58.7 Å². The van der Waals surface area contributed by atoms with Gasteiger partial charge in [-0.3, -0.25) is 4.79 Å². The van der Waals surface area contributed by atoms with Gasteiger partial charge in [-0.25, -0.2) is 9.97 Å². The molecule has 3 aromatic rings. The van der Waals surface area contributed by atoms with Crippen molar-refractivity contribution >= 4 is 34.2 Å². The van der Waals surface area contributed by atoms with E-state index in [-0.39, 0.29) is 5.78 Å². The molecule has 3 heterocycles. The van der Waals surface area contributed by atoms with Crippen molar-refractivity contribution in [2.24, 2.45) is 0 Å². The number of aryl methyl sites for hydroxylation is 1. The molecule has 6 heteroatoms. The molecule has 1 aromatic heterocycles. The van der Waals surface area contributed by atoms with Crippen molar-refractivity contribution in [1.82, 2.24) is 9.97 Å². The summed E-state index contributed by atoms with van der Waals surface area (Å²) in [5, 5.41) is 0.413. The maximum absolute atomic E-state index is 12.7. The summed E-state index contributed by atoms with van der Waals surface area (Å²) in [5.41, 5.74) is 2.96. The zero-order valence-electron chi connectivity index (χ0n) is 15.6. The zero-order chi connectivity index (χ0) is 19.3. The number of hydrogen-bond donors (Lipinski definition) is 0. The van der Waals surface area contributed by atoms with Gasteiger partial charge in [0.15, 0.2) is 16.8 Å². The first-order valence-corrected chi connectivity index (χ1v) is 9.91. The van der Waals surface area contributed by atoms with Crippen LogP contribution in [0.15, 0.2) is 42.5 Å². The van der Waals surface area contributed by atoms with Gasteiger partial charge in [0.2, 0.25) is 0 Å². The number of piperidine rings is 1. The van der Waals surface area contributed by atoms with E-state index in [1.807, 2.05) is 49.4 Å². The molecule has 0 bridgehead atoms. The number of hydrogen-bond acceptors (Lipinski definition) is 5. The van der Waals surface area contributed by atoms with Gasteiger partial charge in [0.25, 0.3) is 0 Å². The van der Waals surface area contributed by atoms with Gasteiger partial charge in [-0.15, -0.1) is 0 Å².